The fourth-order valence-corrected chi connectivity index (χ4v) is 1.18. The molecular weight excluding hydrogens is 228 g/mol. The molecule has 0 aromatic heterocycles. The fraction of sp³-hybridized carbons (Fsp3) is 0.818. The topological polar surface area (TPSA) is 93.1 Å². The van der Waals surface area contributed by atoms with E-state index in [0.717, 1.165) is 0 Å². The molecule has 0 fully saturated rings. The average molecular weight is 248 g/mol. The van der Waals surface area contributed by atoms with Gasteiger partial charge in [0.25, 0.3) is 0 Å². The van der Waals surface area contributed by atoms with Crippen molar-refractivity contribution in [3.8, 4) is 0 Å². The van der Waals surface area contributed by atoms with E-state index >= 15 is 0 Å². The van der Waals surface area contributed by atoms with Gasteiger partial charge in [0.1, 0.15) is 6.10 Å². The van der Waals surface area contributed by atoms with E-state index in [-0.39, 0.29) is 44.7 Å². The third-order valence-corrected chi connectivity index (χ3v) is 1.94. The van der Waals surface area contributed by atoms with E-state index in [1.165, 1.54) is 0 Å². The summed E-state index contributed by atoms with van der Waals surface area (Å²) in [6, 6.07) is 0. The molecule has 0 radical (unpaired) electrons. The Labute approximate surface area is 101 Å². The summed E-state index contributed by atoms with van der Waals surface area (Å²) in [6.45, 7) is 2.12. The Bertz CT molecular complexity index is 228. The highest BCUT2D eigenvalue weighted by Gasteiger charge is 2.09. The standard InChI is InChI=1S/C11H20O6/c1-9(8-16-7-6-12)17-11(15)5-3-2-4-10(13)14/h9,12H,2-8H2,1H3,(H,13,14). The number of aliphatic carboxylic acids is 1. The van der Waals surface area contributed by atoms with Crippen LogP contribution in [0.2, 0.25) is 0 Å². The van der Waals surface area contributed by atoms with Gasteiger partial charge in [0.15, 0.2) is 0 Å². The molecule has 0 saturated carbocycles. The van der Waals surface area contributed by atoms with Crippen molar-refractivity contribution in [1.29, 1.82) is 0 Å². The lowest BCUT2D eigenvalue weighted by Gasteiger charge is -2.13. The molecule has 6 heteroatoms. The van der Waals surface area contributed by atoms with Crippen LogP contribution in [0.15, 0.2) is 0 Å². The molecule has 0 aromatic carbocycles. The van der Waals surface area contributed by atoms with Crippen molar-refractivity contribution in [3.63, 3.8) is 0 Å². The second-order valence-corrected chi connectivity index (χ2v) is 3.70. The first-order valence-electron chi connectivity index (χ1n) is 5.66. The lowest BCUT2D eigenvalue weighted by Crippen LogP contribution is -2.21. The van der Waals surface area contributed by atoms with Crippen LogP contribution in [0.4, 0.5) is 0 Å². The molecule has 1 atom stereocenters. The van der Waals surface area contributed by atoms with Crippen LogP contribution < -0.4 is 0 Å². The van der Waals surface area contributed by atoms with Crippen molar-refractivity contribution in [2.24, 2.45) is 0 Å². The van der Waals surface area contributed by atoms with Crippen LogP contribution in [0, 0.1) is 0 Å². The third-order valence-electron chi connectivity index (χ3n) is 1.94. The maximum atomic E-state index is 11.3. The zero-order valence-electron chi connectivity index (χ0n) is 10.1. The highest BCUT2D eigenvalue weighted by molar-refractivity contribution is 5.70. The number of carbonyl (C=O) groups is 2. The monoisotopic (exact) mass is 248 g/mol. The smallest absolute Gasteiger partial charge is 0.306 e. The van der Waals surface area contributed by atoms with E-state index in [2.05, 4.69) is 0 Å². The van der Waals surface area contributed by atoms with Gasteiger partial charge in [-0.3, -0.25) is 9.59 Å². The first-order valence-corrected chi connectivity index (χ1v) is 5.66. The second kappa shape index (κ2) is 10.0. The molecule has 0 aromatic rings. The summed E-state index contributed by atoms with van der Waals surface area (Å²) < 4.78 is 10.0. The molecule has 6 nitrogen and oxygen atoms in total. The summed E-state index contributed by atoms with van der Waals surface area (Å²) in [5.74, 6) is -1.21. The molecule has 100 valence electrons. The van der Waals surface area contributed by atoms with Crippen LogP contribution >= 0.6 is 0 Å². The largest absolute Gasteiger partial charge is 0.481 e. The predicted octanol–water partition coefficient (Wildman–Crippen LogP) is 0.572. The SMILES string of the molecule is CC(COCCO)OC(=O)CCCCC(=O)O. The van der Waals surface area contributed by atoms with Crippen LogP contribution in [-0.2, 0) is 19.1 Å². The zero-order chi connectivity index (χ0) is 13.1. The van der Waals surface area contributed by atoms with Gasteiger partial charge in [0.05, 0.1) is 19.8 Å². The quantitative estimate of drug-likeness (QED) is 0.434. The third kappa shape index (κ3) is 11.1. The number of hydrogen-bond donors (Lipinski definition) is 2. The maximum absolute atomic E-state index is 11.3. The van der Waals surface area contributed by atoms with Gasteiger partial charge < -0.3 is 19.7 Å². The van der Waals surface area contributed by atoms with Gasteiger partial charge in [0.2, 0.25) is 0 Å². The average Bonchev–Trinajstić information content (AvgIpc) is 2.24. The molecule has 0 aliphatic carbocycles. The zero-order valence-corrected chi connectivity index (χ0v) is 10.1. The van der Waals surface area contributed by atoms with E-state index in [9.17, 15) is 9.59 Å². The highest BCUT2D eigenvalue weighted by Crippen LogP contribution is 2.03. The fourth-order valence-electron chi connectivity index (χ4n) is 1.18. The van der Waals surface area contributed by atoms with Gasteiger partial charge in [-0.1, -0.05) is 0 Å². The molecule has 0 bridgehead atoms. The minimum absolute atomic E-state index is 0.0597. The molecule has 0 saturated heterocycles. The first-order chi connectivity index (χ1) is 8.06. The number of unbranched alkanes of at least 4 members (excludes halogenated alkanes) is 1. The Balaban J connectivity index is 3.47. The van der Waals surface area contributed by atoms with Crippen LogP contribution in [0.25, 0.3) is 0 Å². The Morgan fingerprint density at radius 2 is 1.88 bits per heavy atom. The van der Waals surface area contributed by atoms with Crippen molar-refractivity contribution >= 4 is 11.9 Å². The molecule has 0 rings (SSSR count). The molecule has 1 unspecified atom stereocenters. The minimum atomic E-state index is -0.857. The van der Waals surface area contributed by atoms with Gasteiger partial charge >= 0.3 is 11.9 Å². The van der Waals surface area contributed by atoms with Crippen LogP contribution in [0.5, 0.6) is 0 Å². The Kier molecular flexibility index (Phi) is 9.37. The molecule has 0 heterocycles. The van der Waals surface area contributed by atoms with Crippen LogP contribution in [-0.4, -0.2) is 48.1 Å². The second-order valence-electron chi connectivity index (χ2n) is 3.70. The summed E-state index contributed by atoms with van der Waals surface area (Å²) in [5, 5.41) is 16.9. The van der Waals surface area contributed by atoms with Crippen molar-refractivity contribution < 1.29 is 29.3 Å². The number of aliphatic hydroxyl groups is 1. The normalized spacial score (nSPS) is 12.1. The lowest BCUT2D eigenvalue weighted by atomic mass is 10.2. The maximum Gasteiger partial charge on any atom is 0.306 e. The van der Waals surface area contributed by atoms with E-state index in [0.29, 0.717) is 12.8 Å². The Morgan fingerprint density at radius 3 is 2.47 bits per heavy atom. The molecule has 0 aliphatic heterocycles. The number of aliphatic hydroxyl groups excluding tert-OH is 1. The summed E-state index contributed by atoms with van der Waals surface area (Å²) in [4.78, 5) is 21.5. The van der Waals surface area contributed by atoms with Gasteiger partial charge in [-0.2, -0.15) is 0 Å². The minimum Gasteiger partial charge on any atom is -0.481 e. The molecular formula is C11H20O6. The van der Waals surface area contributed by atoms with Crippen LogP contribution in [0.3, 0.4) is 0 Å². The van der Waals surface area contributed by atoms with E-state index in [1.807, 2.05) is 0 Å². The van der Waals surface area contributed by atoms with Gasteiger partial charge in [-0.15, -0.1) is 0 Å². The van der Waals surface area contributed by atoms with E-state index in [1.54, 1.807) is 6.92 Å². The number of hydrogen-bond acceptors (Lipinski definition) is 5. The van der Waals surface area contributed by atoms with Crippen molar-refractivity contribution in [1.82, 2.24) is 0 Å². The number of ether oxygens (including phenoxy) is 2. The number of carboxylic acid groups (broad SMARTS) is 1. The number of rotatable bonds is 10. The summed E-state index contributed by atoms with van der Waals surface area (Å²) in [5.41, 5.74) is 0. The van der Waals surface area contributed by atoms with Gasteiger partial charge in [-0.05, 0) is 19.8 Å². The van der Waals surface area contributed by atoms with E-state index < -0.39 is 5.97 Å². The molecule has 0 amide bonds. The van der Waals surface area contributed by atoms with Crippen molar-refractivity contribution in [2.45, 2.75) is 38.7 Å². The van der Waals surface area contributed by atoms with Gasteiger partial charge in [-0.25, -0.2) is 0 Å². The summed E-state index contributed by atoms with van der Waals surface area (Å²) in [7, 11) is 0. The number of carboxylic acids is 1. The Morgan fingerprint density at radius 1 is 1.24 bits per heavy atom. The lowest BCUT2D eigenvalue weighted by molar-refractivity contribution is -0.151. The van der Waals surface area contributed by atoms with E-state index in [4.69, 9.17) is 19.7 Å². The summed E-state index contributed by atoms with van der Waals surface area (Å²) >= 11 is 0. The molecule has 17 heavy (non-hydrogen) atoms. The van der Waals surface area contributed by atoms with Gasteiger partial charge in [0, 0.05) is 12.8 Å². The molecule has 0 spiro atoms. The summed E-state index contributed by atoms with van der Waals surface area (Å²) in [6.07, 6.45) is 0.920. The first kappa shape index (κ1) is 15.9. The van der Waals surface area contributed by atoms with Crippen LogP contribution in [0.1, 0.15) is 32.6 Å². The highest BCUT2D eigenvalue weighted by atomic mass is 16.6. The molecule has 2 N–H and O–H groups in total. The van der Waals surface area contributed by atoms with Crippen molar-refractivity contribution in [3.05, 3.63) is 0 Å². The predicted molar refractivity (Wildman–Crippen MR) is 59.6 cm³/mol. The van der Waals surface area contributed by atoms with Crippen molar-refractivity contribution in [2.75, 3.05) is 19.8 Å². The Hall–Kier alpha value is -1.14. The number of esters is 1. The number of carbonyl (C=O) groups excluding carboxylic acids is 1. The molecule has 0 aliphatic rings.